The first-order chi connectivity index (χ1) is 8.70. The summed E-state index contributed by atoms with van der Waals surface area (Å²) in [7, 11) is 0. The van der Waals surface area contributed by atoms with Crippen LogP contribution in [0.1, 0.15) is 19.3 Å². The van der Waals surface area contributed by atoms with Gasteiger partial charge in [0, 0.05) is 24.3 Å². The Hall–Kier alpha value is -0.410. The first-order valence-electron chi connectivity index (χ1n) is 6.26. The molecule has 1 saturated carbocycles. The predicted octanol–water partition coefficient (Wildman–Crippen LogP) is 4.52. The molecule has 0 saturated heterocycles. The maximum atomic E-state index is 6.02. The number of hydrogen-bond acceptors (Lipinski definition) is 2. The summed E-state index contributed by atoms with van der Waals surface area (Å²) in [5.41, 5.74) is 1.03. The molecule has 2 rings (SSSR count). The zero-order valence-electron chi connectivity index (χ0n) is 10.7. The molecule has 2 N–H and O–H groups in total. The van der Waals surface area contributed by atoms with E-state index in [-0.39, 0.29) is 12.4 Å². The molecule has 1 aromatic carbocycles. The summed E-state index contributed by atoms with van der Waals surface area (Å²) in [6, 6.07) is 6.62. The van der Waals surface area contributed by atoms with E-state index >= 15 is 0 Å². The lowest BCUT2D eigenvalue weighted by atomic mass is 10.1. The van der Waals surface area contributed by atoms with Crippen molar-refractivity contribution in [1.29, 1.82) is 0 Å². The fraction of sp³-hybridized carbons (Fsp3) is 0.429. The highest BCUT2D eigenvalue weighted by Gasteiger charge is 2.26. The van der Waals surface area contributed by atoms with Crippen LogP contribution in [0.4, 0.5) is 5.69 Å². The largest absolute Gasteiger partial charge is 0.381 e. The first-order valence-corrected chi connectivity index (χ1v) is 7.02. The van der Waals surface area contributed by atoms with Gasteiger partial charge in [0.1, 0.15) is 0 Å². The van der Waals surface area contributed by atoms with E-state index in [9.17, 15) is 0 Å². The van der Waals surface area contributed by atoms with E-state index < -0.39 is 0 Å². The normalized spacial score (nSPS) is 21.8. The van der Waals surface area contributed by atoms with Gasteiger partial charge in [-0.1, -0.05) is 29.3 Å². The third-order valence-corrected chi connectivity index (χ3v) is 4.05. The van der Waals surface area contributed by atoms with E-state index in [4.69, 9.17) is 23.2 Å². The molecule has 0 bridgehead atoms. The van der Waals surface area contributed by atoms with Crippen molar-refractivity contribution in [2.45, 2.75) is 31.3 Å². The van der Waals surface area contributed by atoms with Crippen LogP contribution in [0.25, 0.3) is 0 Å². The highest BCUT2D eigenvalue weighted by Crippen LogP contribution is 2.28. The van der Waals surface area contributed by atoms with Crippen LogP contribution in [-0.4, -0.2) is 18.6 Å². The van der Waals surface area contributed by atoms with Crippen molar-refractivity contribution >= 4 is 41.3 Å². The average Bonchev–Trinajstić information content (AvgIpc) is 2.79. The Morgan fingerprint density at radius 2 is 1.95 bits per heavy atom. The molecule has 0 aliphatic heterocycles. The van der Waals surface area contributed by atoms with Crippen molar-refractivity contribution in [3.63, 3.8) is 0 Å². The van der Waals surface area contributed by atoms with Crippen LogP contribution in [0.15, 0.2) is 30.9 Å². The maximum absolute atomic E-state index is 6.02. The van der Waals surface area contributed by atoms with E-state index in [2.05, 4.69) is 17.2 Å². The van der Waals surface area contributed by atoms with Crippen LogP contribution in [0.5, 0.6) is 0 Å². The summed E-state index contributed by atoms with van der Waals surface area (Å²) in [6.07, 6.45) is 5.52. The van der Waals surface area contributed by atoms with E-state index in [1.165, 1.54) is 19.3 Å². The molecule has 0 unspecified atom stereocenters. The Labute approximate surface area is 131 Å². The summed E-state index contributed by atoms with van der Waals surface area (Å²) in [5.74, 6) is 0. The van der Waals surface area contributed by atoms with Gasteiger partial charge in [-0.15, -0.1) is 19.0 Å². The van der Waals surface area contributed by atoms with Gasteiger partial charge in [0.15, 0.2) is 0 Å². The van der Waals surface area contributed by atoms with Gasteiger partial charge in [0.25, 0.3) is 0 Å². The van der Waals surface area contributed by atoms with Gasteiger partial charge in [-0.3, -0.25) is 0 Å². The molecule has 0 radical (unpaired) electrons. The van der Waals surface area contributed by atoms with Gasteiger partial charge in [0.05, 0.1) is 10.0 Å². The highest BCUT2D eigenvalue weighted by molar-refractivity contribution is 6.42. The van der Waals surface area contributed by atoms with Crippen LogP contribution in [0, 0.1) is 0 Å². The van der Waals surface area contributed by atoms with Gasteiger partial charge in [0.2, 0.25) is 0 Å². The second-order valence-corrected chi connectivity index (χ2v) is 5.43. The monoisotopic (exact) mass is 320 g/mol. The Balaban J connectivity index is 0.00000180. The van der Waals surface area contributed by atoms with Gasteiger partial charge >= 0.3 is 0 Å². The van der Waals surface area contributed by atoms with Crippen LogP contribution in [0.2, 0.25) is 10.0 Å². The summed E-state index contributed by atoms with van der Waals surface area (Å²) in [4.78, 5) is 0. The number of rotatable bonds is 5. The smallest absolute Gasteiger partial charge is 0.0612 e. The minimum absolute atomic E-state index is 0. The Bertz CT molecular complexity index is 423. The van der Waals surface area contributed by atoms with E-state index in [1.54, 1.807) is 0 Å². The molecule has 0 aromatic heterocycles. The Kier molecular flexibility index (Phi) is 7.01. The zero-order chi connectivity index (χ0) is 13.0. The average molecular weight is 322 g/mol. The second kappa shape index (κ2) is 8.01. The van der Waals surface area contributed by atoms with E-state index in [1.807, 2.05) is 24.3 Å². The molecule has 106 valence electrons. The second-order valence-electron chi connectivity index (χ2n) is 4.61. The molecule has 1 aliphatic carbocycles. The molecule has 2 atom stereocenters. The molecule has 1 aliphatic rings. The molecule has 19 heavy (non-hydrogen) atoms. The van der Waals surface area contributed by atoms with Crippen LogP contribution >= 0.6 is 35.6 Å². The molecule has 0 amide bonds. The van der Waals surface area contributed by atoms with Crippen molar-refractivity contribution in [2.75, 3.05) is 11.9 Å². The maximum Gasteiger partial charge on any atom is 0.0612 e. The van der Waals surface area contributed by atoms with Crippen LogP contribution < -0.4 is 10.6 Å². The summed E-state index contributed by atoms with van der Waals surface area (Å²) >= 11 is 11.9. The van der Waals surface area contributed by atoms with Crippen molar-refractivity contribution < 1.29 is 0 Å². The number of halogens is 3. The van der Waals surface area contributed by atoms with Crippen molar-refractivity contribution in [2.24, 2.45) is 0 Å². The Morgan fingerprint density at radius 1 is 1.21 bits per heavy atom. The van der Waals surface area contributed by atoms with E-state index in [0.29, 0.717) is 22.1 Å². The molecular formula is C14H19Cl3N2. The van der Waals surface area contributed by atoms with Crippen molar-refractivity contribution in [3.8, 4) is 0 Å². The summed E-state index contributed by atoms with van der Waals surface area (Å²) < 4.78 is 0. The van der Waals surface area contributed by atoms with Gasteiger partial charge in [-0.2, -0.15) is 0 Å². The van der Waals surface area contributed by atoms with E-state index in [0.717, 1.165) is 12.2 Å². The minimum atomic E-state index is 0. The van der Waals surface area contributed by atoms with Gasteiger partial charge < -0.3 is 10.6 Å². The number of hydrogen-bond donors (Lipinski definition) is 2. The topological polar surface area (TPSA) is 24.1 Å². The number of nitrogens with one attached hydrogen (secondary N) is 2. The lowest BCUT2D eigenvalue weighted by molar-refractivity contribution is 0.520. The quantitative estimate of drug-likeness (QED) is 0.779. The third kappa shape index (κ3) is 4.57. The van der Waals surface area contributed by atoms with Crippen LogP contribution in [-0.2, 0) is 0 Å². The SMILES string of the molecule is C=CCN[C@@H]1CCC[C@H]1Nc1ccc(Cl)c(Cl)c1.Cl. The molecular weight excluding hydrogens is 303 g/mol. The summed E-state index contributed by atoms with van der Waals surface area (Å²) in [6.45, 7) is 4.59. The molecule has 0 heterocycles. The molecule has 0 spiro atoms. The van der Waals surface area contributed by atoms with Gasteiger partial charge in [-0.05, 0) is 37.5 Å². The third-order valence-electron chi connectivity index (χ3n) is 3.31. The van der Waals surface area contributed by atoms with Crippen molar-refractivity contribution in [3.05, 3.63) is 40.9 Å². The number of benzene rings is 1. The highest BCUT2D eigenvalue weighted by atomic mass is 35.5. The Morgan fingerprint density at radius 3 is 2.63 bits per heavy atom. The summed E-state index contributed by atoms with van der Waals surface area (Å²) in [5, 5.41) is 8.20. The van der Waals surface area contributed by atoms with Gasteiger partial charge in [-0.25, -0.2) is 0 Å². The minimum Gasteiger partial charge on any atom is -0.381 e. The fourth-order valence-electron chi connectivity index (χ4n) is 2.41. The number of anilines is 1. The lowest BCUT2D eigenvalue weighted by Gasteiger charge is -2.23. The standard InChI is InChI=1S/C14H18Cl2N2.ClH/c1-2-8-17-13-4-3-5-14(13)18-10-6-7-11(15)12(16)9-10;/h2,6-7,9,13-14,17-18H,1,3-5,8H2;1H/t13-,14-;/m1./s1. The van der Waals surface area contributed by atoms with Crippen LogP contribution in [0.3, 0.4) is 0 Å². The molecule has 2 nitrogen and oxygen atoms in total. The molecule has 1 fully saturated rings. The predicted molar refractivity (Wildman–Crippen MR) is 87.0 cm³/mol. The first kappa shape index (κ1) is 16.6. The lowest BCUT2D eigenvalue weighted by Crippen LogP contribution is -2.40. The zero-order valence-corrected chi connectivity index (χ0v) is 13.0. The van der Waals surface area contributed by atoms with Crippen molar-refractivity contribution in [1.82, 2.24) is 5.32 Å². The molecule has 5 heteroatoms. The fourth-order valence-corrected chi connectivity index (χ4v) is 2.71. The molecule has 1 aromatic rings.